The molecule has 0 spiro atoms. The second-order valence-electron chi connectivity index (χ2n) is 6.64. The van der Waals surface area contributed by atoms with Gasteiger partial charge in [-0.2, -0.15) is 0 Å². The Kier molecular flexibility index (Phi) is 8.16. The molecule has 0 aliphatic rings. The molecule has 30 heavy (non-hydrogen) atoms. The molecular weight excluding hydrogens is 390 g/mol. The van der Waals surface area contributed by atoms with Crippen molar-refractivity contribution in [3.05, 3.63) is 63.7 Å². The van der Waals surface area contributed by atoms with Crippen LogP contribution >= 0.6 is 0 Å². The van der Waals surface area contributed by atoms with Gasteiger partial charge in [-0.25, -0.2) is 0 Å². The van der Waals surface area contributed by atoms with Gasteiger partial charge in [-0.1, -0.05) is 18.2 Å². The van der Waals surface area contributed by atoms with Crippen molar-refractivity contribution in [1.29, 1.82) is 0 Å². The van der Waals surface area contributed by atoms with Crippen molar-refractivity contribution in [3.8, 4) is 11.5 Å². The van der Waals surface area contributed by atoms with Gasteiger partial charge in [-0.15, -0.1) is 0 Å². The molecule has 0 saturated heterocycles. The number of hydrogen-bond donors (Lipinski definition) is 2. The number of rotatable bonds is 10. The van der Waals surface area contributed by atoms with E-state index in [0.29, 0.717) is 16.9 Å². The summed E-state index contributed by atoms with van der Waals surface area (Å²) in [5.74, 6) is 0.123. The van der Waals surface area contributed by atoms with Crippen LogP contribution in [-0.2, 0) is 11.2 Å². The van der Waals surface area contributed by atoms with Gasteiger partial charge in [0.25, 0.3) is 11.6 Å². The number of amides is 2. The van der Waals surface area contributed by atoms with Crippen molar-refractivity contribution >= 4 is 17.5 Å². The molecule has 0 aliphatic carbocycles. The van der Waals surface area contributed by atoms with Crippen LogP contribution in [0.15, 0.2) is 42.5 Å². The Morgan fingerprint density at radius 2 is 1.73 bits per heavy atom. The Morgan fingerprint density at radius 3 is 2.33 bits per heavy atom. The quantitative estimate of drug-likeness (QED) is 0.454. The first-order valence-electron chi connectivity index (χ1n) is 9.37. The largest absolute Gasteiger partial charge is 0.493 e. The van der Waals surface area contributed by atoms with Crippen molar-refractivity contribution in [1.82, 2.24) is 10.6 Å². The Morgan fingerprint density at radius 1 is 1.10 bits per heavy atom. The lowest BCUT2D eigenvalue weighted by atomic mass is 10.1. The zero-order valence-electron chi connectivity index (χ0n) is 17.1. The van der Waals surface area contributed by atoms with E-state index in [9.17, 15) is 19.7 Å². The first kappa shape index (κ1) is 22.7. The van der Waals surface area contributed by atoms with E-state index in [-0.39, 0.29) is 48.7 Å². The highest BCUT2D eigenvalue weighted by Crippen LogP contribution is 2.34. The summed E-state index contributed by atoms with van der Waals surface area (Å²) in [5.41, 5.74) is 0.833. The van der Waals surface area contributed by atoms with Crippen LogP contribution in [-0.4, -0.2) is 43.5 Å². The molecule has 9 nitrogen and oxygen atoms in total. The summed E-state index contributed by atoms with van der Waals surface area (Å²) >= 11 is 0. The fourth-order valence-corrected chi connectivity index (χ4v) is 2.92. The maximum atomic E-state index is 12.2. The molecule has 0 unspecified atom stereocenters. The van der Waals surface area contributed by atoms with Crippen LogP contribution < -0.4 is 20.1 Å². The van der Waals surface area contributed by atoms with Gasteiger partial charge >= 0.3 is 0 Å². The minimum absolute atomic E-state index is 0.0899. The third-order valence-electron chi connectivity index (χ3n) is 4.40. The van der Waals surface area contributed by atoms with Crippen molar-refractivity contribution in [2.75, 3.05) is 20.8 Å². The third-order valence-corrected chi connectivity index (χ3v) is 4.40. The standard InChI is InChI=1S/C21H25N3O6/c1-14(23-21(26)15-7-5-4-6-8-15)11-20(25)22-10-9-16-12-18(29-2)19(30-3)13-17(16)24(27)28/h4-8,12-14H,9-11H2,1-3H3,(H,22,25)(H,23,26)/t14-/m1/s1. The maximum absolute atomic E-state index is 12.2. The number of nitrogens with zero attached hydrogens (tertiary/aromatic N) is 1. The summed E-state index contributed by atoms with van der Waals surface area (Å²) in [7, 11) is 2.85. The van der Waals surface area contributed by atoms with Crippen LogP contribution in [0.3, 0.4) is 0 Å². The molecule has 2 aromatic carbocycles. The van der Waals surface area contributed by atoms with Gasteiger partial charge in [0.15, 0.2) is 11.5 Å². The normalized spacial score (nSPS) is 11.3. The second-order valence-corrected chi connectivity index (χ2v) is 6.64. The summed E-state index contributed by atoms with van der Waals surface area (Å²) in [6, 6.07) is 11.2. The predicted molar refractivity (Wildman–Crippen MR) is 111 cm³/mol. The zero-order chi connectivity index (χ0) is 22.1. The molecule has 160 valence electrons. The highest BCUT2D eigenvalue weighted by atomic mass is 16.6. The Labute approximate surface area is 174 Å². The number of benzene rings is 2. The SMILES string of the molecule is COc1cc(CCNC(=O)C[C@@H](C)NC(=O)c2ccccc2)c([N+](=O)[O-])cc1OC. The number of methoxy groups -OCH3 is 2. The molecule has 2 amide bonds. The first-order valence-corrected chi connectivity index (χ1v) is 9.37. The molecule has 9 heteroatoms. The van der Waals surface area contributed by atoms with Crippen LogP contribution in [0.5, 0.6) is 11.5 Å². The fraction of sp³-hybridized carbons (Fsp3) is 0.333. The van der Waals surface area contributed by atoms with Crippen molar-refractivity contribution < 1.29 is 24.0 Å². The Bertz CT molecular complexity index is 901. The van der Waals surface area contributed by atoms with Gasteiger partial charge < -0.3 is 20.1 Å². The van der Waals surface area contributed by atoms with Gasteiger partial charge in [0.1, 0.15) is 0 Å². The summed E-state index contributed by atoms with van der Waals surface area (Å²) < 4.78 is 10.3. The zero-order valence-corrected chi connectivity index (χ0v) is 17.1. The minimum atomic E-state index is -0.500. The van der Waals surface area contributed by atoms with Gasteiger partial charge in [0.2, 0.25) is 5.91 Å². The van der Waals surface area contributed by atoms with Crippen LogP contribution in [0.4, 0.5) is 5.69 Å². The molecule has 2 rings (SSSR count). The summed E-state index contributed by atoms with van der Waals surface area (Å²) in [4.78, 5) is 35.1. The van der Waals surface area contributed by atoms with Crippen molar-refractivity contribution in [2.24, 2.45) is 0 Å². The predicted octanol–water partition coefficient (Wildman–Crippen LogP) is 2.48. The molecule has 1 atom stereocenters. The summed E-state index contributed by atoms with van der Waals surface area (Å²) in [5, 5.41) is 16.8. The molecule has 0 saturated carbocycles. The number of nitro benzene ring substituents is 1. The highest BCUT2D eigenvalue weighted by Gasteiger charge is 2.19. The van der Waals surface area contributed by atoms with Gasteiger partial charge in [-0.3, -0.25) is 19.7 Å². The lowest BCUT2D eigenvalue weighted by molar-refractivity contribution is -0.385. The lowest BCUT2D eigenvalue weighted by Crippen LogP contribution is -2.37. The highest BCUT2D eigenvalue weighted by molar-refractivity contribution is 5.94. The maximum Gasteiger partial charge on any atom is 0.276 e. The Balaban J connectivity index is 1.89. The summed E-state index contributed by atoms with van der Waals surface area (Å²) in [6.45, 7) is 1.94. The van der Waals surface area contributed by atoms with Gasteiger partial charge in [0, 0.05) is 30.1 Å². The van der Waals surface area contributed by atoms with Crippen LogP contribution in [0.25, 0.3) is 0 Å². The van der Waals surface area contributed by atoms with E-state index in [1.807, 2.05) is 6.07 Å². The van der Waals surface area contributed by atoms with Crippen molar-refractivity contribution in [2.45, 2.75) is 25.8 Å². The van der Waals surface area contributed by atoms with E-state index >= 15 is 0 Å². The molecule has 2 N–H and O–H groups in total. The summed E-state index contributed by atoms with van der Waals surface area (Å²) in [6.07, 6.45) is 0.333. The molecule has 0 radical (unpaired) electrons. The molecule has 0 heterocycles. The topological polar surface area (TPSA) is 120 Å². The van der Waals surface area contributed by atoms with Gasteiger partial charge in [0.05, 0.1) is 25.2 Å². The first-order chi connectivity index (χ1) is 14.3. The Hall–Kier alpha value is -3.62. The van der Waals surface area contributed by atoms with Crippen LogP contribution in [0, 0.1) is 10.1 Å². The molecule has 0 fully saturated rings. The van der Waals surface area contributed by atoms with Crippen LogP contribution in [0.1, 0.15) is 29.3 Å². The van der Waals surface area contributed by atoms with Crippen LogP contribution in [0.2, 0.25) is 0 Å². The average Bonchev–Trinajstić information content (AvgIpc) is 2.73. The van der Waals surface area contributed by atoms with Crippen molar-refractivity contribution in [3.63, 3.8) is 0 Å². The molecule has 0 bridgehead atoms. The third kappa shape index (κ3) is 6.20. The monoisotopic (exact) mass is 415 g/mol. The van der Waals surface area contributed by atoms with E-state index in [2.05, 4.69) is 10.6 Å². The molecular formula is C21H25N3O6. The molecule has 0 aliphatic heterocycles. The lowest BCUT2D eigenvalue weighted by Gasteiger charge is -2.14. The van der Waals surface area contributed by atoms with E-state index < -0.39 is 4.92 Å². The van der Waals surface area contributed by atoms with E-state index in [1.165, 1.54) is 26.4 Å². The van der Waals surface area contributed by atoms with E-state index in [1.54, 1.807) is 31.2 Å². The number of nitro groups is 1. The molecule has 0 aromatic heterocycles. The smallest absolute Gasteiger partial charge is 0.276 e. The van der Waals surface area contributed by atoms with E-state index in [4.69, 9.17) is 9.47 Å². The second kappa shape index (κ2) is 10.8. The number of nitrogens with one attached hydrogen (secondary N) is 2. The number of ether oxygens (including phenoxy) is 2. The average molecular weight is 415 g/mol. The number of carbonyl (C=O) groups is 2. The van der Waals surface area contributed by atoms with E-state index in [0.717, 1.165) is 0 Å². The fourth-order valence-electron chi connectivity index (χ4n) is 2.92. The number of hydrogen-bond acceptors (Lipinski definition) is 6. The number of carbonyl (C=O) groups excluding carboxylic acids is 2. The minimum Gasteiger partial charge on any atom is -0.493 e. The van der Waals surface area contributed by atoms with Gasteiger partial charge in [-0.05, 0) is 31.5 Å². The molecule has 2 aromatic rings.